The summed E-state index contributed by atoms with van der Waals surface area (Å²) in [5.74, 6) is -21.5. The van der Waals surface area contributed by atoms with Crippen LogP contribution in [0.3, 0.4) is 0 Å². The van der Waals surface area contributed by atoms with Gasteiger partial charge in [0.25, 0.3) is 0 Å². The fourth-order valence-corrected chi connectivity index (χ4v) is 12.7. The Morgan fingerprint density at radius 3 is 1.18 bits per heavy atom. The van der Waals surface area contributed by atoms with E-state index in [2.05, 4.69) is 79.8 Å². The molecule has 19 unspecified atom stereocenters. The van der Waals surface area contributed by atoms with Crippen molar-refractivity contribution in [3.05, 3.63) is 65.7 Å². The molecule has 0 fully saturated rings. The summed E-state index contributed by atoms with van der Waals surface area (Å²) in [6, 6.07) is -9.10. The number of phenolic OH excluding ortho intramolecular Hbond substituents is 1. The molecule has 0 radical (unpaired) electrons. The van der Waals surface area contributed by atoms with Crippen LogP contribution in [0.5, 0.6) is 5.75 Å². The molecular weight excluding hydrogens is 1660 g/mol. The molecule has 0 aliphatic rings. The molecule has 44 nitrogen and oxygen atoms in total. The molecular formula is C83H135N21O23. The second-order valence-electron chi connectivity index (χ2n) is 32.1. The van der Waals surface area contributed by atoms with Gasteiger partial charge in [0.2, 0.25) is 106 Å². The van der Waals surface area contributed by atoms with Crippen molar-refractivity contribution in [2.75, 3.05) is 26.2 Å². The number of carbonyl (C=O) groups excluding carboxylic acids is 18. The lowest BCUT2D eigenvalue weighted by molar-refractivity contribution is -0.139. The number of aromatic hydroxyl groups is 1. The second kappa shape index (κ2) is 57.6. The highest BCUT2D eigenvalue weighted by molar-refractivity contribution is 6.01. The van der Waals surface area contributed by atoms with Crippen molar-refractivity contribution in [1.29, 1.82) is 0 Å². The summed E-state index contributed by atoms with van der Waals surface area (Å²) in [4.78, 5) is 259. The highest BCUT2D eigenvalue weighted by Crippen LogP contribution is 2.18. The third-order valence-corrected chi connectivity index (χ3v) is 20.9. The summed E-state index contributed by atoms with van der Waals surface area (Å²) in [5, 5.41) is 78.1. The first-order valence-electron chi connectivity index (χ1n) is 42.6. The lowest BCUT2D eigenvalue weighted by Gasteiger charge is -2.29. The van der Waals surface area contributed by atoms with Gasteiger partial charge in [0.1, 0.15) is 90.3 Å². The van der Waals surface area contributed by atoms with Crippen molar-refractivity contribution in [2.24, 2.45) is 58.1 Å². The van der Waals surface area contributed by atoms with Gasteiger partial charge in [-0.15, -0.1) is 0 Å². The number of primary amides is 3. The van der Waals surface area contributed by atoms with Gasteiger partial charge < -0.3 is 135 Å². The Morgan fingerprint density at radius 2 is 0.748 bits per heavy atom. The number of aliphatic hydroxyl groups excluding tert-OH is 2. The Hall–Kier alpha value is -12.0. The summed E-state index contributed by atoms with van der Waals surface area (Å²) < 4.78 is 0. The molecule has 0 spiro atoms. The molecule has 44 heteroatoms. The van der Waals surface area contributed by atoms with E-state index in [1.807, 2.05) is 0 Å². The SMILES string of the molecule is CCC(C)C(NC(=O)CNC(=O)C(NC(=O)C(Cc1ccccc1)NC(=O)C(CCCCN)NC(=O)C(CO)NC(=O)C(CC(N)=O)NC(=O)C(C)NC(=O)C(CCCCN)NC(=O)C(NC(=O)C(Cc1ccc(O)cc1)NC(=O)C(CCC(N)=O)NC(=O)C(C)N)C(C)CC)C(C)CC)C(=O)NC(C(=O)NC(CCC(=O)O)C(=O)NC(CC(C)C)C(N)=O)C(C)O. The van der Waals surface area contributed by atoms with E-state index in [9.17, 15) is 112 Å². The van der Waals surface area contributed by atoms with Crippen LogP contribution >= 0.6 is 0 Å². The summed E-state index contributed by atoms with van der Waals surface area (Å²) in [6.45, 7) is 15.3. The zero-order valence-electron chi connectivity index (χ0n) is 74.1. The molecule has 0 bridgehead atoms. The fraction of sp³-hybridized carbons (Fsp3) is 0.627. The van der Waals surface area contributed by atoms with Gasteiger partial charge in [0.15, 0.2) is 0 Å². The number of phenols is 1. The van der Waals surface area contributed by atoms with E-state index in [1.54, 1.807) is 85.7 Å². The average Bonchev–Trinajstić information content (AvgIpc) is 0.849. The Balaban J connectivity index is 2.45. The molecule has 18 amide bonds. The third kappa shape index (κ3) is 40.9. The number of aliphatic hydroxyl groups is 2. The molecule has 0 aliphatic carbocycles. The van der Waals surface area contributed by atoms with Crippen LogP contribution < -0.4 is 114 Å². The van der Waals surface area contributed by atoms with Gasteiger partial charge in [-0.25, -0.2) is 0 Å². The standard InChI is InChI=1S/C83H135N21O23/c1-12-43(6)65(80(124)90-40-63(110)101-66(44(7)13-2)82(126)104-68(48(11)106)83(127)95-55(31-33-64(111)112)74(118)96-56(69(89)113)36-42(4)5)102-77(121)57(37-49-22-16-15-17-23-49)98-73(117)53(25-19-21-35-85)93-79(123)60(41-105)100-76(120)59(39-62(88)109)97-71(115)47(10)91-72(116)52(24-18-20-34-84)94-81(125)67(45(8)14-3)103-78(122)58(38-50-26-28-51(107)29-27-50)99-75(119)54(30-32-61(87)108)92-70(114)46(9)86/h15-17,22-23,26-29,42-48,52-60,65-68,105-107H,12-14,18-21,24-25,30-41,84-86H2,1-11H3,(H2,87,108)(H2,88,109)(H2,89,113)(H,90,124)(H,91,116)(H,92,114)(H,93,123)(H,94,125)(H,95,127)(H,96,118)(H,97,115)(H,98,117)(H,99,119)(H,100,120)(H,101,110)(H,102,121)(H,103,122)(H,104,126)(H,111,112). The molecule has 127 heavy (non-hydrogen) atoms. The molecule has 0 saturated carbocycles. The van der Waals surface area contributed by atoms with E-state index in [0.717, 1.165) is 6.92 Å². The Labute approximate surface area is 738 Å². The van der Waals surface area contributed by atoms with Crippen molar-refractivity contribution in [3.8, 4) is 5.75 Å². The highest BCUT2D eigenvalue weighted by atomic mass is 16.4. The normalized spacial score (nSPS) is 15.7. The minimum absolute atomic E-state index is 0.0943. The van der Waals surface area contributed by atoms with Crippen LogP contribution in [0.1, 0.15) is 184 Å². The molecule has 31 N–H and O–H groups in total. The lowest BCUT2D eigenvalue weighted by Crippen LogP contribution is -2.62. The number of rotatable bonds is 61. The van der Waals surface area contributed by atoms with Crippen molar-refractivity contribution in [1.82, 2.24) is 79.8 Å². The summed E-state index contributed by atoms with van der Waals surface area (Å²) >= 11 is 0. The van der Waals surface area contributed by atoms with Crippen LogP contribution in [0, 0.1) is 23.7 Å². The van der Waals surface area contributed by atoms with Crippen LogP contribution in [-0.4, -0.2) is 256 Å². The van der Waals surface area contributed by atoms with Gasteiger partial charge in [-0.05, 0) is 139 Å². The predicted octanol–water partition coefficient (Wildman–Crippen LogP) is -6.25. The number of nitrogens with one attached hydrogen (secondary N) is 15. The fourth-order valence-electron chi connectivity index (χ4n) is 12.7. The Morgan fingerprint density at radius 1 is 0.378 bits per heavy atom. The van der Waals surface area contributed by atoms with Gasteiger partial charge in [-0.1, -0.05) is 117 Å². The van der Waals surface area contributed by atoms with Crippen molar-refractivity contribution in [2.45, 2.75) is 282 Å². The highest BCUT2D eigenvalue weighted by Gasteiger charge is 2.40. The maximum Gasteiger partial charge on any atom is 0.303 e. The van der Waals surface area contributed by atoms with E-state index in [0.29, 0.717) is 24.0 Å². The zero-order chi connectivity index (χ0) is 96.1. The first kappa shape index (κ1) is 111. The van der Waals surface area contributed by atoms with Gasteiger partial charge in [-0.2, -0.15) is 0 Å². The number of carbonyl (C=O) groups is 19. The van der Waals surface area contributed by atoms with Crippen molar-refractivity contribution < 1.29 is 112 Å². The number of carboxylic acids is 1. The monoisotopic (exact) mass is 1790 g/mol. The van der Waals surface area contributed by atoms with E-state index in [4.69, 9.17) is 34.4 Å². The number of unbranched alkanes of at least 4 members (excludes halogenated alkanes) is 2. The number of hydrogen-bond acceptors (Lipinski definition) is 25. The molecule has 2 aromatic carbocycles. The smallest absolute Gasteiger partial charge is 0.303 e. The van der Waals surface area contributed by atoms with Gasteiger partial charge in [0.05, 0.1) is 31.7 Å². The molecule has 0 saturated heterocycles. The maximum absolute atomic E-state index is 14.7. The first-order chi connectivity index (χ1) is 59.8. The molecule has 710 valence electrons. The minimum Gasteiger partial charge on any atom is -0.508 e. The van der Waals surface area contributed by atoms with Crippen LogP contribution in [0.25, 0.3) is 0 Å². The van der Waals surface area contributed by atoms with Crippen LogP contribution in [0.15, 0.2) is 54.6 Å². The van der Waals surface area contributed by atoms with E-state index in [1.165, 1.54) is 38.1 Å². The van der Waals surface area contributed by atoms with Gasteiger partial charge in [0, 0.05) is 25.7 Å². The average molecular weight is 1800 g/mol. The summed E-state index contributed by atoms with van der Waals surface area (Å²) in [7, 11) is 0. The first-order valence-corrected chi connectivity index (χ1v) is 42.6. The number of amides is 18. The van der Waals surface area contributed by atoms with E-state index in [-0.39, 0.29) is 102 Å². The number of carboxylic acid groups (broad SMARTS) is 1. The largest absolute Gasteiger partial charge is 0.508 e. The van der Waals surface area contributed by atoms with Crippen LogP contribution in [0.2, 0.25) is 0 Å². The van der Waals surface area contributed by atoms with Crippen LogP contribution in [0.4, 0.5) is 0 Å². The van der Waals surface area contributed by atoms with Crippen molar-refractivity contribution in [3.63, 3.8) is 0 Å². The topological polar surface area (TPSA) is 742 Å². The Kier molecular flexibility index (Phi) is 50.3. The zero-order valence-corrected chi connectivity index (χ0v) is 74.1. The van der Waals surface area contributed by atoms with Gasteiger partial charge in [-0.3, -0.25) is 91.1 Å². The summed E-state index contributed by atoms with van der Waals surface area (Å²) in [5.41, 5.74) is 34.7. The molecule has 2 aromatic rings. The molecule has 0 heterocycles. The Bertz CT molecular complexity index is 4010. The van der Waals surface area contributed by atoms with Crippen molar-refractivity contribution >= 4 is 112 Å². The number of aliphatic carboxylic acids is 1. The van der Waals surface area contributed by atoms with E-state index < -0.39 is 259 Å². The number of nitrogens with two attached hydrogens (primary N) is 6. The van der Waals surface area contributed by atoms with Crippen LogP contribution in [-0.2, 0) is 104 Å². The molecule has 0 aromatic heterocycles. The maximum atomic E-state index is 14.7. The number of benzene rings is 2. The molecule has 2 rings (SSSR count). The predicted molar refractivity (Wildman–Crippen MR) is 462 cm³/mol. The quantitative estimate of drug-likeness (QED) is 0.0274. The molecule has 0 aliphatic heterocycles. The van der Waals surface area contributed by atoms with Gasteiger partial charge >= 0.3 is 5.97 Å². The minimum atomic E-state index is -1.95. The number of hydrogen-bond donors (Lipinski definition) is 25. The molecule has 19 atom stereocenters. The third-order valence-electron chi connectivity index (χ3n) is 20.9. The lowest BCUT2D eigenvalue weighted by atomic mass is 9.96. The second-order valence-corrected chi connectivity index (χ2v) is 32.1. The van der Waals surface area contributed by atoms with E-state index >= 15 is 0 Å². The summed E-state index contributed by atoms with van der Waals surface area (Å²) in [6.07, 6.45) is -3.22.